The molecular formula is C17H22NO+. The molecule has 0 aliphatic rings. The molecule has 2 aromatic rings. The predicted molar refractivity (Wildman–Crippen MR) is 78.1 cm³/mol. The topological polar surface area (TPSA) is 36.8 Å². The van der Waals surface area contributed by atoms with Crippen molar-refractivity contribution in [3.63, 3.8) is 0 Å². The van der Waals surface area contributed by atoms with Crippen molar-refractivity contribution < 1.29 is 10.4 Å². The van der Waals surface area contributed by atoms with Crippen LogP contribution in [-0.4, -0.2) is 5.11 Å². The van der Waals surface area contributed by atoms with Crippen molar-refractivity contribution in [1.29, 1.82) is 0 Å². The lowest BCUT2D eigenvalue weighted by molar-refractivity contribution is -0.686. The van der Waals surface area contributed by atoms with E-state index >= 15 is 0 Å². The molecule has 2 heteroatoms. The lowest BCUT2D eigenvalue weighted by atomic mass is 10.1. The van der Waals surface area contributed by atoms with Gasteiger partial charge in [-0.15, -0.1) is 0 Å². The summed E-state index contributed by atoms with van der Waals surface area (Å²) in [6.45, 7) is 7.93. The fourth-order valence-corrected chi connectivity index (χ4v) is 2.29. The molecule has 2 rings (SSSR count). The Balaban J connectivity index is 1.94. The number of aromatic hydroxyl groups is 1. The molecule has 0 radical (unpaired) electrons. The van der Waals surface area contributed by atoms with Crippen molar-refractivity contribution in [2.24, 2.45) is 0 Å². The van der Waals surface area contributed by atoms with Gasteiger partial charge in [-0.25, -0.2) is 0 Å². The summed E-state index contributed by atoms with van der Waals surface area (Å²) in [5.74, 6) is 0.419. The molecular weight excluding hydrogens is 234 g/mol. The number of rotatable bonds is 4. The highest BCUT2D eigenvalue weighted by Gasteiger charge is 2.04. The van der Waals surface area contributed by atoms with Gasteiger partial charge in [-0.3, -0.25) is 0 Å². The van der Waals surface area contributed by atoms with Gasteiger partial charge >= 0.3 is 0 Å². The third-order valence-corrected chi connectivity index (χ3v) is 3.43. The predicted octanol–water partition coefficient (Wildman–Crippen LogP) is 2.58. The van der Waals surface area contributed by atoms with E-state index in [1.165, 1.54) is 16.7 Å². The number of aryl methyl sites for hydroxylation is 3. The van der Waals surface area contributed by atoms with E-state index in [1.807, 2.05) is 13.8 Å². The molecule has 0 aliphatic heterocycles. The van der Waals surface area contributed by atoms with Crippen molar-refractivity contribution >= 4 is 0 Å². The van der Waals surface area contributed by atoms with Gasteiger partial charge in [-0.2, -0.15) is 0 Å². The van der Waals surface area contributed by atoms with Crippen LogP contribution < -0.4 is 5.32 Å². The number of benzene rings is 2. The first-order chi connectivity index (χ1) is 9.06. The Morgan fingerprint density at radius 3 is 1.95 bits per heavy atom. The summed E-state index contributed by atoms with van der Waals surface area (Å²) in [7, 11) is 0. The zero-order valence-electron chi connectivity index (χ0n) is 11.9. The van der Waals surface area contributed by atoms with Gasteiger partial charge in [-0.05, 0) is 44.0 Å². The molecule has 0 saturated carbocycles. The van der Waals surface area contributed by atoms with E-state index < -0.39 is 0 Å². The zero-order chi connectivity index (χ0) is 13.8. The molecule has 0 aliphatic carbocycles. The second kappa shape index (κ2) is 5.89. The van der Waals surface area contributed by atoms with Crippen LogP contribution in [0.2, 0.25) is 0 Å². The average Bonchev–Trinajstić information content (AvgIpc) is 2.38. The first-order valence-electron chi connectivity index (χ1n) is 6.72. The summed E-state index contributed by atoms with van der Waals surface area (Å²) in [4.78, 5) is 0. The number of phenolic OH excluding ortho intramolecular Hbond substituents is 1. The fraction of sp³-hybridized carbons (Fsp3) is 0.294. The molecule has 0 aromatic heterocycles. The van der Waals surface area contributed by atoms with Crippen LogP contribution in [0.15, 0.2) is 36.4 Å². The van der Waals surface area contributed by atoms with E-state index in [4.69, 9.17) is 0 Å². The molecule has 0 saturated heterocycles. The van der Waals surface area contributed by atoms with Crippen LogP contribution >= 0.6 is 0 Å². The van der Waals surface area contributed by atoms with Crippen molar-refractivity contribution in [3.05, 3.63) is 64.2 Å². The lowest BCUT2D eigenvalue weighted by Gasteiger charge is -2.07. The average molecular weight is 256 g/mol. The van der Waals surface area contributed by atoms with Gasteiger partial charge in [-0.1, -0.05) is 29.8 Å². The highest BCUT2D eigenvalue weighted by atomic mass is 16.3. The summed E-state index contributed by atoms with van der Waals surface area (Å²) < 4.78 is 0. The van der Waals surface area contributed by atoms with Gasteiger partial charge in [0.2, 0.25) is 0 Å². The van der Waals surface area contributed by atoms with Crippen molar-refractivity contribution in [3.8, 4) is 5.75 Å². The third kappa shape index (κ3) is 3.58. The minimum atomic E-state index is 0.419. The van der Waals surface area contributed by atoms with Crippen LogP contribution in [-0.2, 0) is 13.1 Å². The maximum atomic E-state index is 9.75. The number of quaternary nitrogens is 1. The highest BCUT2D eigenvalue weighted by molar-refractivity contribution is 5.41. The largest absolute Gasteiger partial charge is 0.507 e. The lowest BCUT2D eigenvalue weighted by Crippen LogP contribution is -2.80. The van der Waals surface area contributed by atoms with Crippen molar-refractivity contribution in [1.82, 2.24) is 0 Å². The van der Waals surface area contributed by atoms with Crippen LogP contribution in [0.3, 0.4) is 0 Å². The molecule has 2 nitrogen and oxygen atoms in total. The molecule has 0 spiro atoms. The molecule has 0 unspecified atom stereocenters. The van der Waals surface area contributed by atoms with Crippen LogP contribution in [0, 0.1) is 20.8 Å². The van der Waals surface area contributed by atoms with Crippen LogP contribution in [0.25, 0.3) is 0 Å². The van der Waals surface area contributed by atoms with Gasteiger partial charge in [0.15, 0.2) is 0 Å². The molecule has 0 amide bonds. The number of hydrogen-bond donors (Lipinski definition) is 2. The molecule has 0 heterocycles. The standard InChI is InChI=1S/C17H21NO/c1-12-4-6-15(7-5-12)10-18-11-16-8-13(2)17(19)14(3)9-16/h4-9,18-19H,10-11H2,1-3H3/p+1. The molecule has 100 valence electrons. The number of nitrogens with two attached hydrogens (primary N) is 1. The second-order valence-electron chi connectivity index (χ2n) is 5.26. The Labute approximate surface area is 115 Å². The number of hydrogen-bond acceptors (Lipinski definition) is 1. The molecule has 0 bridgehead atoms. The summed E-state index contributed by atoms with van der Waals surface area (Å²) in [5, 5.41) is 12.0. The fourth-order valence-electron chi connectivity index (χ4n) is 2.29. The van der Waals surface area contributed by atoms with Crippen LogP contribution in [0.5, 0.6) is 5.75 Å². The van der Waals surface area contributed by atoms with E-state index in [-0.39, 0.29) is 0 Å². The summed E-state index contributed by atoms with van der Waals surface area (Å²) in [6.07, 6.45) is 0. The first kappa shape index (κ1) is 13.6. The Kier molecular flexibility index (Phi) is 4.23. The summed E-state index contributed by atoms with van der Waals surface area (Å²) in [6, 6.07) is 12.8. The second-order valence-corrected chi connectivity index (χ2v) is 5.26. The van der Waals surface area contributed by atoms with Crippen molar-refractivity contribution in [2.75, 3.05) is 0 Å². The highest BCUT2D eigenvalue weighted by Crippen LogP contribution is 2.22. The van der Waals surface area contributed by atoms with Gasteiger partial charge < -0.3 is 10.4 Å². The normalized spacial score (nSPS) is 10.7. The van der Waals surface area contributed by atoms with E-state index in [1.54, 1.807) is 0 Å². The van der Waals surface area contributed by atoms with Gasteiger partial charge in [0, 0.05) is 11.1 Å². The Morgan fingerprint density at radius 1 is 0.842 bits per heavy atom. The maximum Gasteiger partial charge on any atom is 0.121 e. The SMILES string of the molecule is Cc1ccc(C[NH2+]Cc2cc(C)c(O)c(C)c2)cc1. The van der Waals surface area contributed by atoms with Gasteiger partial charge in [0.25, 0.3) is 0 Å². The Bertz CT molecular complexity index is 535. The van der Waals surface area contributed by atoms with E-state index in [0.29, 0.717) is 5.75 Å². The molecule has 3 N–H and O–H groups in total. The van der Waals surface area contributed by atoms with E-state index in [2.05, 4.69) is 48.6 Å². The van der Waals surface area contributed by atoms with Gasteiger partial charge in [0.1, 0.15) is 18.8 Å². The quantitative estimate of drug-likeness (QED) is 0.866. The molecule has 0 atom stereocenters. The van der Waals surface area contributed by atoms with Crippen LogP contribution in [0.4, 0.5) is 0 Å². The van der Waals surface area contributed by atoms with E-state index in [9.17, 15) is 5.11 Å². The van der Waals surface area contributed by atoms with Crippen molar-refractivity contribution in [2.45, 2.75) is 33.9 Å². The number of phenols is 1. The Hall–Kier alpha value is -1.80. The molecule has 0 fully saturated rings. The summed E-state index contributed by atoms with van der Waals surface area (Å²) in [5.41, 5.74) is 5.82. The first-order valence-corrected chi connectivity index (χ1v) is 6.72. The minimum Gasteiger partial charge on any atom is -0.507 e. The smallest absolute Gasteiger partial charge is 0.121 e. The maximum absolute atomic E-state index is 9.75. The van der Waals surface area contributed by atoms with Crippen LogP contribution in [0.1, 0.15) is 27.8 Å². The third-order valence-electron chi connectivity index (χ3n) is 3.43. The summed E-state index contributed by atoms with van der Waals surface area (Å²) >= 11 is 0. The molecule has 2 aromatic carbocycles. The molecule has 19 heavy (non-hydrogen) atoms. The minimum absolute atomic E-state index is 0.419. The zero-order valence-corrected chi connectivity index (χ0v) is 11.9. The van der Waals surface area contributed by atoms with Gasteiger partial charge in [0.05, 0.1) is 0 Å². The monoisotopic (exact) mass is 256 g/mol. The van der Waals surface area contributed by atoms with E-state index in [0.717, 1.165) is 24.2 Å². The Morgan fingerprint density at radius 2 is 1.37 bits per heavy atom.